The average molecular weight is 497 g/mol. The van der Waals surface area contributed by atoms with Gasteiger partial charge >= 0.3 is 25.6 Å². The van der Waals surface area contributed by atoms with Crippen molar-refractivity contribution in [3.63, 3.8) is 0 Å². The van der Waals surface area contributed by atoms with Crippen LogP contribution in [0.1, 0.15) is 0 Å². The molecule has 0 saturated heterocycles. The molecule has 1 nitrogen and oxygen atoms in total. The Morgan fingerprint density at radius 1 is 1.17 bits per heavy atom. The van der Waals surface area contributed by atoms with E-state index in [0.717, 1.165) is 0 Å². The molecular weight excluding hydrogens is 497 g/mol. The van der Waals surface area contributed by atoms with E-state index in [2.05, 4.69) is 0 Å². The zero-order valence-electron chi connectivity index (χ0n) is 3.48. The number of rotatable bonds is 0. The molecule has 0 unspecified atom stereocenters. The van der Waals surface area contributed by atoms with Crippen molar-refractivity contribution in [2.45, 2.75) is 0 Å². The molecule has 0 bridgehead atoms. The van der Waals surface area contributed by atoms with Gasteiger partial charge in [0.15, 0.2) is 0 Å². The van der Waals surface area contributed by atoms with Crippen molar-refractivity contribution >= 4 is 68.1 Å². The zero-order valence-corrected chi connectivity index (χ0v) is 19.1. The van der Waals surface area contributed by atoms with Gasteiger partial charge in [-0.3, -0.25) is 0 Å². The summed E-state index contributed by atoms with van der Waals surface area (Å²) in [4.78, 5) is 0. The first-order chi connectivity index (χ1) is 1.00. The van der Waals surface area contributed by atoms with Crippen LogP contribution in [0, 0.1) is 0 Å². The fraction of sp³-hybridized carbons (Fsp3) is 0. The molecular formula is CdGaInOSnZn. The Kier molecular flexibility index (Phi) is 211. The minimum absolute atomic E-state index is 0. The average Bonchev–Trinajstić information content (AvgIpc) is 1.00. The van der Waals surface area contributed by atoms with Crippen molar-refractivity contribution in [1.29, 1.82) is 0 Å². The van der Waals surface area contributed by atoms with E-state index in [0.29, 0.717) is 22.5 Å². The molecule has 0 aliphatic heterocycles. The summed E-state index contributed by atoms with van der Waals surface area (Å²) >= 11 is 0.300. The first-order valence-electron chi connectivity index (χ1n) is 0.204. The normalized spacial score (nSPS) is 0.667. The van der Waals surface area contributed by atoms with Gasteiger partial charge in [-0.1, -0.05) is 0 Å². The quantitative estimate of drug-likeness (QED) is 0.382. The fourth-order valence-corrected chi connectivity index (χ4v) is 0. The fourth-order valence-electron chi connectivity index (χ4n) is 0. The topological polar surface area (TPSA) is 17.1 Å². The summed E-state index contributed by atoms with van der Waals surface area (Å²) in [6.07, 6.45) is 0. The van der Waals surface area contributed by atoms with Gasteiger partial charge in [-0.2, -0.15) is 0 Å². The van der Waals surface area contributed by atoms with Crippen molar-refractivity contribution < 1.29 is 49.9 Å². The minimum Gasteiger partial charge on any atom is 0 e. The van der Waals surface area contributed by atoms with Crippen molar-refractivity contribution in [1.82, 2.24) is 0 Å². The molecule has 0 heterocycles. The molecule has 0 aromatic carbocycles. The van der Waals surface area contributed by atoms with Gasteiger partial charge in [0.05, 0.1) is 0 Å². The smallest absolute Gasteiger partial charge is 0 e. The van der Waals surface area contributed by atoms with E-state index in [9.17, 15) is 0 Å². The van der Waals surface area contributed by atoms with Crippen LogP contribution in [-0.2, 0) is 49.9 Å². The van der Waals surface area contributed by atoms with Gasteiger partial charge in [-0.05, 0) is 0 Å². The summed E-state index contributed by atoms with van der Waals surface area (Å²) in [6.45, 7) is 0. The van der Waals surface area contributed by atoms with Crippen molar-refractivity contribution in [2.24, 2.45) is 0 Å². The predicted octanol–water partition coefficient (Wildman–Crippen LogP) is -1.27. The molecule has 0 spiro atoms. The van der Waals surface area contributed by atoms with Gasteiger partial charge < -0.3 is 0 Å². The van der Waals surface area contributed by atoms with Crippen LogP contribution in [0.25, 0.3) is 0 Å². The van der Waals surface area contributed by atoms with Crippen LogP contribution >= 0.6 is 0 Å². The summed E-state index contributed by atoms with van der Waals surface area (Å²) < 4.78 is 8.34. The Labute approximate surface area is 115 Å². The van der Waals surface area contributed by atoms with Crippen LogP contribution in [0.5, 0.6) is 0 Å². The van der Waals surface area contributed by atoms with Gasteiger partial charge in [0, 0.05) is 92.4 Å². The van der Waals surface area contributed by atoms with Crippen LogP contribution in [0.4, 0.5) is 0 Å². The van der Waals surface area contributed by atoms with E-state index in [1.807, 2.05) is 0 Å². The third kappa shape index (κ3) is 25.4. The first kappa shape index (κ1) is 33.4. The van der Waals surface area contributed by atoms with E-state index in [1.54, 1.807) is 0 Å². The van der Waals surface area contributed by atoms with E-state index in [4.69, 9.17) is 3.08 Å². The first-order valence-corrected chi connectivity index (χ1v) is 1.37. The number of hydrogen-bond acceptors (Lipinski definition) is 1. The van der Waals surface area contributed by atoms with Crippen LogP contribution < -0.4 is 0 Å². The van der Waals surface area contributed by atoms with Crippen LogP contribution in [-0.4, -0.2) is 68.1 Å². The molecule has 8 radical (unpaired) electrons. The van der Waals surface area contributed by atoms with Crippen molar-refractivity contribution in [3.8, 4) is 0 Å². The maximum absolute atomic E-state index is 8.34. The number of hydrogen-bond donors (Lipinski definition) is 0. The van der Waals surface area contributed by atoms with Crippen molar-refractivity contribution in [2.75, 3.05) is 0 Å². The third-order valence-electron chi connectivity index (χ3n) is 0. The Balaban J connectivity index is -0.000000000833. The monoisotopic (exact) mass is 498 g/mol. The maximum atomic E-state index is 8.34. The molecule has 6 heavy (non-hydrogen) atoms. The molecule has 0 aliphatic carbocycles. The Morgan fingerprint density at radius 3 is 1.17 bits per heavy atom. The van der Waals surface area contributed by atoms with E-state index in [-0.39, 0.29) is 92.4 Å². The summed E-state index contributed by atoms with van der Waals surface area (Å²) in [5.41, 5.74) is 0. The Bertz CT molecular complexity index is 15.5. The summed E-state index contributed by atoms with van der Waals surface area (Å²) in [5, 5.41) is 0. The SMILES string of the molecule is [Cd].[Ga].[In].[O]=[Sn].[Zn]. The molecule has 6 heteroatoms. The Hall–Kier alpha value is 3.65. The summed E-state index contributed by atoms with van der Waals surface area (Å²) in [6, 6.07) is 0. The minimum atomic E-state index is 0. The molecule has 0 aromatic heterocycles. The molecule has 0 rings (SSSR count). The van der Waals surface area contributed by atoms with Gasteiger partial charge in [-0.25, -0.2) is 0 Å². The second-order valence-electron chi connectivity index (χ2n) is 0. The molecule has 0 amide bonds. The largest absolute Gasteiger partial charge is 0 e. The molecule has 0 fully saturated rings. The molecule has 0 N–H and O–H groups in total. The van der Waals surface area contributed by atoms with Gasteiger partial charge in [0.1, 0.15) is 0 Å². The van der Waals surface area contributed by atoms with Crippen LogP contribution in [0.2, 0.25) is 0 Å². The van der Waals surface area contributed by atoms with Gasteiger partial charge in [-0.15, -0.1) is 0 Å². The molecule has 0 atom stereocenters. The summed E-state index contributed by atoms with van der Waals surface area (Å²) in [5.74, 6) is 0. The zero-order chi connectivity index (χ0) is 2.00. The summed E-state index contributed by atoms with van der Waals surface area (Å²) in [7, 11) is 0. The molecule has 0 saturated carbocycles. The predicted molar refractivity (Wildman–Crippen MR) is 17.9 cm³/mol. The van der Waals surface area contributed by atoms with E-state index >= 15 is 0 Å². The molecule has 0 aliphatic rings. The van der Waals surface area contributed by atoms with Gasteiger partial charge in [0.2, 0.25) is 0 Å². The van der Waals surface area contributed by atoms with Crippen molar-refractivity contribution in [3.05, 3.63) is 0 Å². The van der Waals surface area contributed by atoms with Crippen LogP contribution in [0.3, 0.4) is 0 Å². The molecule has 20 valence electrons. The second-order valence-corrected chi connectivity index (χ2v) is 0. The Morgan fingerprint density at radius 2 is 1.17 bits per heavy atom. The van der Waals surface area contributed by atoms with Crippen LogP contribution in [0.15, 0.2) is 0 Å². The standard InChI is InChI=1S/Cd.Ga.In.O.Sn.Zn. The third-order valence-corrected chi connectivity index (χ3v) is 0. The second kappa shape index (κ2) is 38.0. The van der Waals surface area contributed by atoms with E-state index < -0.39 is 0 Å². The van der Waals surface area contributed by atoms with Gasteiger partial charge in [0.25, 0.3) is 0 Å². The maximum Gasteiger partial charge on any atom is 0 e. The molecule has 0 aromatic rings. The van der Waals surface area contributed by atoms with E-state index in [1.165, 1.54) is 0 Å².